The lowest BCUT2D eigenvalue weighted by atomic mass is 9.98. The summed E-state index contributed by atoms with van der Waals surface area (Å²) in [4.78, 5) is 34.3. The van der Waals surface area contributed by atoms with Crippen LogP contribution in [0.25, 0.3) is 11.2 Å². The number of aromatic nitrogens is 4. The van der Waals surface area contributed by atoms with Crippen LogP contribution in [0.5, 0.6) is 0 Å². The van der Waals surface area contributed by atoms with Crippen molar-refractivity contribution >= 4 is 32.9 Å². The number of aliphatic hydroxyl groups is 6. The number of amides is 1. The number of carbonyl (C=O) groups is 1. The van der Waals surface area contributed by atoms with Crippen molar-refractivity contribution in [3.8, 4) is 0 Å². The lowest BCUT2D eigenvalue weighted by Crippen LogP contribution is -2.63. The molecule has 8 atom stereocenters. The minimum Gasteiger partial charge on any atom is -0.388 e. The molecule has 1 amide bonds. The predicted molar refractivity (Wildman–Crippen MR) is 119 cm³/mol. The maximum absolute atomic E-state index is 12.4. The summed E-state index contributed by atoms with van der Waals surface area (Å²) < 4.78 is 36.4. The Morgan fingerprint density at radius 2 is 1.95 bits per heavy atom. The van der Waals surface area contributed by atoms with E-state index in [1.165, 1.54) is 4.57 Å². The summed E-state index contributed by atoms with van der Waals surface area (Å²) in [6.07, 6.45) is -10.0. The summed E-state index contributed by atoms with van der Waals surface area (Å²) in [6, 6.07) is 0. The van der Waals surface area contributed by atoms with Crippen LogP contribution in [0, 0.1) is 0 Å². The summed E-state index contributed by atoms with van der Waals surface area (Å²) in [5.41, 5.74) is 4.77. The molecule has 2 aromatic rings. The number of nitrogens with one attached hydrogen (secondary N) is 2. The van der Waals surface area contributed by atoms with E-state index in [0.29, 0.717) is 0 Å². The van der Waals surface area contributed by atoms with E-state index in [1.54, 1.807) is 0 Å². The summed E-state index contributed by atoms with van der Waals surface area (Å²) in [7, 11) is -4.42. The van der Waals surface area contributed by atoms with Crippen LogP contribution >= 0.6 is 0 Å². The van der Waals surface area contributed by atoms with Gasteiger partial charge in [0.05, 0.1) is 12.9 Å². The van der Waals surface area contributed by atoms with Gasteiger partial charge in [-0.15, -0.1) is 0 Å². The maximum Gasteiger partial charge on any atom is 0.280 e. The number of anilines is 1. The van der Waals surface area contributed by atoms with Crippen molar-refractivity contribution in [3.05, 3.63) is 16.7 Å². The van der Waals surface area contributed by atoms with Crippen molar-refractivity contribution in [2.45, 2.75) is 48.6 Å². The van der Waals surface area contributed by atoms with E-state index in [-0.39, 0.29) is 17.1 Å². The molecule has 0 bridgehead atoms. The quantitative estimate of drug-likeness (QED) is 0.155. The third-order valence-corrected chi connectivity index (χ3v) is 7.58. The van der Waals surface area contributed by atoms with E-state index in [9.17, 15) is 48.6 Å². The SMILES string of the molecule is Nc1nc2c(ncn2[C@@H]2O[C@H](CNC(=O)CS(=O)(=O)C[C@@]3(O)OC[C@@H](O)[C@@H](O)[C@@H]3O)[C@@H](O)[C@H]2O)c(=O)[nH]1. The van der Waals surface area contributed by atoms with Gasteiger partial charge in [-0.25, -0.2) is 13.4 Å². The molecule has 0 saturated carbocycles. The second-order valence-corrected chi connectivity index (χ2v) is 10.9. The molecular weight excluding hydrogens is 524 g/mol. The van der Waals surface area contributed by atoms with Gasteiger partial charge in [0.2, 0.25) is 17.6 Å². The Kier molecular flexibility index (Phi) is 7.27. The van der Waals surface area contributed by atoms with Crippen LogP contribution in [0.3, 0.4) is 0 Å². The molecule has 2 fully saturated rings. The van der Waals surface area contributed by atoms with E-state index in [2.05, 4.69) is 20.3 Å². The van der Waals surface area contributed by atoms with Crippen molar-refractivity contribution in [1.29, 1.82) is 0 Å². The molecule has 4 heterocycles. The summed E-state index contributed by atoms with van der Waals surface area (Å²) in [5.74, 6) is -6.48. The first-order chi connectivity index (χ1) is 17.2. The molecule has 2 aromatic heterocycles. The number of imidazole rings is 1. The molecule has 2 saturated heterocycles. The Balaban J connectivity index is 1.37. The van der Waals surface area contributed by atoms with E-state index in [0.717, 1.165) is 6.33 Å². The average molecular weight is 551 g/mol. The molecule has 0 aliphatic carbocycles. The molecular formula is C18H26N6O12S. The smallest absolute Gasteiger partial charge is 0.280 e. The highest BCUT2D eigenvalue weighted by molar-refractivity contribution is 7.92. The molecule has 19 heteroatoms. The van der Waals surface area contributed by atoms with Gasteiger partial charge in [0.25, 0.3) is 5.56 Å². The van der Waals surface area contributed by atoms with Crippen LogP contribution in [-0.4, -0.2) is 132 Å². The van der Waals surface area contributed by atoms with Crippen molar-refractivity contribution < 1.29 is 53.3 Å². The number of nitrogen functional groups attached to an aromatic ring is 1. The van der Waals surface area contributed by atoms with Crippen LogP contribution in [0.15, 0.2) is 11.1 Å². The van der Waals surface area contributed by atoms with E-state index in [1.807, 2.05) is 0 Å². The molecule has 2 aliphatic rings. The molecule has 37 heavy (non-hydrogen) atoms. The molecule has 0 unspecified atom stereocenters. The van der Waals surface area contributed by atoms with Gasteiger partial charge >= 0.3 is 0 Å². The molecule has 4 rings (SSSR count). The largest absolute Gasteiger partial charge is 0.388 e. The van der Waals surface area contributed by atoms with Crippen LogP contribution in [0.4, 0.5) is 5.95 Å². The minimum atomic E-state index is -4.42. The summed E-state index contributed by atoms with van der Waals surface area (Å²) >= 11 is 0. The molecule has 0 spiro atoms. The average Bonchev–Trinajstić information content (AvgIpc) is 3.34. The first-order valence-electron chi connectivity index (χ1n) is 10.8. The van der Waals surface area contributed by atoms with Crippen LogP contribution < -0.4 is 16.6 Å². The summed E-state index contributed by atoms with van der Waals surface area (Å²) in [6.45, 7) is -1.10. The molecule has 2 aliphatic heterocycles. The molecule has 206 valence electrons. The highest BCUT2D eigenvalue weighted by atomic mass is 32.2. The van der Waals surface area contributed by atoms with E-state index in [4.69, 9.17) is 15.2 Å². The second kappa shape index (κ2) is 9.85. The Labute approximate surface area is 207 Å². The zero-order valence-electron chi connectivity index (χ0n) is 18.9. The minimum absolute atomic E-state index is 0.0315. The van der Waals surface area contributed by atoms with Gasteiger partial charge in [-0.3, -0.25) is 19.1 Å². The number of carbonyl (C=O) groups excluding carboxylic acids is 1. The van der Waals surface area contributed by atoms with E-state index < -0.39 is 94.6 Å². The third kappa shape index (κ3) is 5.30. The standard InChI is InChI=1S/C18H26N6O12S/c19-17-22-14-9(15(31)23-17)21-5-24(14)16-12(29)11(28)7(36-16)1-20-8(26)3-37(33,34)4-18(32)13(30)10(27)6(25)2-35-18/h5-7,10-13,16,25,27-30,32H,1-4H2,(H,20,26)(H3,19,22,23,31)/t6-,7-,10-,11-,12-,13+,16-,18-/m1/s1. The number of fused-ring (bicyclic) bond motifs is 1. The number of rotatable bonds is 7. The predicted octanol–water partition coefficient (Wildman–Crippen LogP) is -6.35. The summed E-state index contributed by atoms with van der Waals surface area (Å²) in [5, 5.41) is 62.4. The number of nitrogens with two attached hydrogens (primary N) is 1. The van der Waals surface area contributed by atoms with Gasteiger partial charge in [0, 0.05) is 6.54 Å². The Hall–Kier alpha value is -2.75. The lowest BCUT2D eigenvalue weighted by molar-refractivity contribution is -0.309. The van der Waals surface area contributed by atoms with Crippen LogP contribution in [-0.2, 0) is 24.1 Å². The van der Waals surface area contributed by atoms with Crippen LogP contribution in [0.1, 0.15) is 6.23 Å². The van der Waals surface area contributed by atoms with Crippen molar-refractivity contribution in [1.82, 2.24) is 24.8 Å². The Bertz CT molecular complexity index is 1330. The highest BCUT2D eigenvalue weighted by Gasteiger charge is 2.51. The fraction of sp³-hybridized carbons (Fsp3) is 0.667. The number of aliphatic hydroxyl groups excluding tert-OH is 5. The van der Waals surface area contributed by atoms with Crippen molar-refractivity contribution in [2.24, 2.45) is 0 Å². The molecule has 18 nitrogen and oxygen atoms in total. The first kappa shape index (κ1) is 27.3. The number of ether oxygens (including phenoxy) is 2. The van der Waals surface area contributed by atoms with Gasteiger partial charge in [-0.1, -0.05) is 0 Å². The number of H-pyrrole nitrogens is 1. The highest BCUT2D eigenvalue weighted by Crippen LogP contribution is 2.31. The van der Waals surface area contributed by atoms with Crippen LogP contribution in [0.2, 0.25) is 0 Å². The number of sulfone groups is 1. The topological polar surface area (TPSA) is 293 Å². The number of nitrogens with zero attached hydrogens (tertiary/aromatic N) is 3. The monoisotopic (exact) mass is 550 g/mol. The second-order valence-electron chi connectivity index (χ2n) is 8.82. The lowest BCUT2D eigenvalue weighted by Gasteiger charge is -2.41. The number of hydrogen-bond donors (Lipinski definition) is 9. The van der Waals surface area contributed by atoms with Gasteiger partial charge in [0.15, 0.2) is 27.2 Å². The molecule has 10 N–H and O–H groups in total. The zero-order valence-corrected chi connectivity index (χ0v) is 19.7. The van der Waals surface area contributed by atoms with Gasteiger partial charge in [-0.2, -0.15) is 4.98 Å². The van der Waals surface area contributed by atoms with Crippen molar-refractivity contribution in [3.63, 3.8) is 0 Å². The molecule has 0 radical (unpaired) electrons. The third-order valence-electron chi connectivity index (χ3n) is 6.02. The maximum atomic E-state index is 12.4. The Morgan fingerprint density at radius 1 is 1.24 bits per heavy atom. The van der Waals surface area contributed by atoms with Gasteiger partial charge in [-0.05, 0) is 0 Å². The van der Waals surface area contributed by atoms with E-state index >= 15 is 0 Å². The van der Waals surface area contributed by atoms with Gasteiger partial charge < -0.3 is 51.2 Å². The zero-order chi connectivity index (χ0) is 27.3. The first-order valence-corrected chi connectivity index (χ1v) is 12.7. The number of aromatic amines is 1. The normalized spacial score (nSPS) is 34.6. The van der Waals surface area contributed by atoms with Gasteiger partial charge in [0.1, 0.15) is 48.1 Å². The number of hydrogen-bond acceptors (Lipinski definition) is 15. The van der Waals surface area contributed by atoms with Crippen molar-refractivity contribution in [2.75, 3.05) is 30.4 Å². The fourth-order valence-corrected chi connectivity index (χ4v) is 5.59. The Morgan fingerprint density at radius 3 is 2.65 bits per heavy atom. The molecule has 0 aromatic carbocycles. The fourth-order valence-electron chi connectivity index (χ4n) is 4.11.